The number of carbonyl (C=O) groups is 3. The van der Waals surface area contributed by atoms with Crippen LogP contribution in [-0.2, 0) is 14.4 Å². The Morgan fingerprint density at radius 1 is 1.00 bits per heavy atom. The lowest BCUT2D eigenvalue weighted by molar-refractivity contribution is -0.149. The van der Waals surface area contributed by atoms with Crippen molar-refractivity contribution in [1.29, 1.82) is 0 Å². The van der Waals surface area contributed by atoms with Crippen LogP contribution in [0, 0.1) is 5.92 Å². The summed E-state index contributed by atoms with van der Waals surface area (Å²) in [4.78, 5) is 43.2. The van der Waals surface area contributed by atoms with E-state index >= 15 is 0 Å². The van der Waals surface area contributed by atoms with E-state index in [1.165, 1.54) is 0 Å². The number of hydrogen-bond acceptors (Lipinski definition) is 3. The smallest absolute Gasteiger partial charge is 0.245 e. The maximum Gasteiger partial charge on any atom is 0.245 e. The van der Waals surface area contributed by atoms with E-state index in [0.29, 0.717) is 26.1 Å². The fourth-order valence-corrected chi connectivity index (χ4v) is 4.06. The van der Waals surface area contributed by atoms with Gasteiger partial charge < -0.3 is 14.7 Å². The molecular weight excluding hydrogens is 330 g/mol. The van der Waals surface area contributed by atoms with Gasteiger partial charge in [0.15, 0.2) is 0 Å². The summed E-state index contributed by atoms with van der Waals surface area (Å²) in [7, 11) is 1.88. The Balaban J connectivity index is 1.89. The summed E-state index contributed by atoms with van der Waals surface area (Å²) in [6.07, 6.45) is 6.78. The SMILES string of the molecule is CCCCN(C)C(=O)C1CCN(C(=O)C2CCCCN2C(=O)CC)CC1. The Hall–Kier alpha value is -1.59. The van der Waals surface area contributed by atoms with Crippen LogP contribution < -0.4 is 0 Å². The van der Waals surface area contributed by atoms with E-state index < -0.39 is 0 Å². The monoisotopic (exact) mass is 365 g/mol. The van der Waals surface area contributed by atoms with Gasteiger partial charge in [0.05, 0.1) is 0 Å². The third kappa shape index (κ3) is 4.98. The Morgan fingerprint density at radius 3 is 2.31 bits per heavy atom. The molecule has 0 bridgehead atoms. The maximum atomic E-state index is 13.0. The number of carbonyl (C=O) groups excluding carboxylic acids is 3. The first-order valence-corrected chi connectivity index (χ1v) is 10.3. The van der Waals surface area contributed by atoms with E-state index in [1.807, 2.05) is 23.8 Å². The van der Waals surface area contributed by atoms with Crippen molar-refractivity contribution in [2.45, 2.75) is 71.3 Å². The molecule has 2 aliphatic heterocycles. The zero-order valence-electron chi connectivity index (χ0n) is 16.7. The Labute approximate surface area is 157 Å². The molecule has 0 spiro atoms. The number of unbranched alkanes of at least 4 members (excludes halogenated alkanes) is 1. The fraction of sp³-hybridized carbons (Fsp3) is 0.850. The highest BCUT2D eigenvalue weighted by molar-refractivity contribution is 5.88. The second-order valence-electron chi connectivity index (χ2n) is 7.67. The van der Waals surface area contributed by atoms with Gasteiger partial charge in [0.1, 0.15) is 6.04 Å². The summed E-state index contributed by atoms with van der Waals surface area (Å²) >= 11 is 0. The zero-order chi connectivity index (χ0) is 19.1. The van der Waals surface area contributed by atoms with Crippen molar-refractivity contribution in [3.8, 4) is 0 Å². The number of likely N-dealkylation sites (tertiary alicyclic amines) is 2. The van der Waals surface area contributed by atoms with Crippen molar-refractivity contribution in [3.05, 3.63) is 0 Å². The van der Waals surface area contributed by atoms with Crippen LogP contribution in [0.15, 0.2) is 0 Å². The molecule has 2 fully saturated rings. The van der Waals surface area contributed by atoms with Gasteiger partial charge in [0.25, 0.3) is 0 Å². The minimum absolute atomic E-state index is 0.0284. The normalized spacial score (nSPS) is 21.6. The molecule has 148 valence electrons. The van der Waals surface area contributed by atoms with Gasteiger partial charge in [-0.1, -0.05) is 20.3 Å². The van der Waals surface area contributed by atoms with Crippen LogP contribution in [0.4, 0.5) is 0 Å². The first-order valence-electron chi connectivity index (χ1n) is 10.3. The first-order chi connectivity index (χ1) is 12.5. The molecule has 26 heavy (non-hydrogen) atoms. The molecule has 3 amide bonds. The lowest BCUT2D eigenvalue weighted by atomic mass is 9.93. The molecule has 0 N–H and O–H groups in total. The minimum Gasteiger partial charge on any atom is -0.346 e. The van der Waals surface area contributed by atoms with Crippen molar-refractivity contribution in [3.63, 3.8) is 0 Å². The molecule has 0 radical (unpaired) electrons. The topological polar surface area (TPSA) is 60.9 Å². The molecule has 0 aromatic heterocycles. The van der Waals surface area contributed by atoms with E-state index in [0.717, 1.165) is 51.5 Å². The highest BCUT2D eigenvalue weighted by atomic mass is 16.2. The van der Waals surface area contributed by atoms with Crippen LogP contribution in [-0.4, -0.2) is 71.7 Å². The highest BCUT2D eigenvalue weighted by Gasteiger charge is 2.36. The fourth-order valence-electron chi connectivity index (χ4n) is 4.06. The average Bonchev–Trinajstić information content (AvgIpc) is 2.70. The van der Waals surface area contributed by atoms with E-state index in [4.69, 9.17) is 0 Å². The number of piperidine rings is 2. The van der Waals surface area contributed by atoms with Crippen LogP contribution in [0.5, 0.6) is 0 Å². The molecule has 0 aromatic carbocycles. The van der Waals surface area contributed by atoms with Gasteiger partial charge in [-0.25, -0.2) is 0 Å². The van der Waals surface area contributed by atoms with E-state index in [9.17, 15) is 14.4 Å². The van der Waals surface area contributed by atoms with Gasteiger partial charge in [0, 0.05) is 45.6 Å². The van der Waals surface area contributed by atoms with Crippen molar-refractivity contribution in [2.24, 2.45) is 5.92 Å². The van der Waals surface area contributed by atoms with Crippen LogP contribution in [0.25, 0.3) is 0 Å². The molecule has 1 atom stereocenters. The molecule has 2 aliphatic rings. The Bertz CT molecular complexity index is 501. The van der Waals surface area contributed by atoms with Crippen LogP contribution in [0.1, 0.15) is 65.2 Å². The van der Waals surface area contributed by atoms with Crippen LogP contribution >= 0.6 is 0 Å². The van der Waals surface area contributed by atoms with Gasteiger partial charge in [0.2, 0.25) is 17.7 Å². The predicted molar refractivity (Wildman–Crippen MR) is 101 cm³/mol. The van der Waals surface area contributed by atoms with Crippen LogP contribution in [0.2, 0.25) is 0 Å². The lowest BCUT2D eigenvalue weighted by Crippen LogP contribution is -2.54. The molecule has 0 aromatic rings. The highest BCUT2D eigenvalue weighted by Crippen LogP contribution is 2.24. The van der Waals surface area contributed by atoms with Crippen LogP contribution in [0.3, 0.4) is 0 Å². The molecule has 2 saturated heterocycles. The van der Waals surface area contributed by atoms with Gasteiger partial charge in [-0.15, -0.1) is 0 Å². The zero-order valence-corrected chi connectivity index (χ0v) is 16.7. The summed E-state index contributed by atoms with van der Waals surface area (Å²) in [6.45, 7) is 6.73. The van der Waals surface area contributed by atoms with Gasteiger partial charge in [-0.05, 0) is 38.5 Å². The standard InChI is InChI=1S/C20H35N3O3/c1-4-6-12-21(3)19(25)16-10-14-22(15-11-16)20(26)17-9-7-8-13-23(17)18(24)5-2/h16-17H,4-15H2,1-3H3. The van der Waals surface area contributed by atoms with E-state index in [2.05, 4.69) is 6.92 Å². The molecule has 0 aliphatic carbocycles. The molecule has 2 rings (SSSR count). The predicted octanol–water partition coefficient (Wildman–Crippen LogP) is 2.27. The molecule has 6 nitrogen and oxygen atoms in total. The molecular formula is C20H35N3O3. The average molecular weight is 366 g/mol. The summed E-state index contributed by atoms with van der Waals surface area (Å²) in [5.41, 5.74) is 0. The van der Waals surface area contributed by atoms with E-state index in [-0.39, 0.29) is 29.7 Å². The van der Waals surface area contributed by atoms with Crippen molar-refractivity contribution in [2.75, 3.05) is 33.2 Å². The Morgan fingerprint density at radius 2 is 1.69 bits per heavy atom. The van der Waals surface area contributed by atoms with Crippen molar-refractivity contribution < 1.29 is 14.4 Å². The minimum atomic E-state index is -0.296. The molecule has 6 heteroatoms. The largest absolute Gasteiger partial charge is 0.346 e. The first kappa shape index (κ1) is 20.7. The summed E-state index contributed by atoms with van der Waals surface area (Å²) < 4.78 is 0. The summed E-state index contributed by atoms with van der Waals surface area (Å²) in [6, 6.07) is -0.296. The van der Waals surface area contributed by atoms with Crippen molar-refractivity contribution >= 4 is 17.7 Å². The molecule has 0 saturated carbocycles. The maximum absolute atomic E-state index is 13.0. The number of rotatable bonds is 6. The third-order valence-electron chi connectivity index (χ3n) is 5.79. The number of amides is 3. The van der Waals surface area contributed by atoms with Gasteiger partial charge in [-0.3, -0.25) is 14.4 Å². The third-order valence-corrected chi connectivity index (χ3v) is 5.79. The number of nitrogens with zero attached hydrogens (tertiary/aromatic N) is 3. The second kappa shape index (κ2) is 9.93. The Kier molecular flexibility index (Phi) is 7.91. The molecule has 1 unspecified atom stereocenters. The molecule has 2 heterocycles. The van der Waals surface area contributed by atoms with Gasteiger partial charge >= 0.3 is 0 Å². The summed E-state index contributed by atoms with van der Waals surface area (Å²) in [5.74, 6) is 0.397. The van der Waals surface area contributed by atoms with Gasteiger partial charge in [-0.2, -0.15) is 0 Å². The van der Waals surface area contributed by atoms with E-state index in [1.54, 1.807) is 4.90 Å². The number of hydrogen-bond donors (Lipinski definition) is 0. The quantitative estimate of drug-likeness (QED) is 0.725. The lowest BCUT2D eigenvalue weighted by Gasteiger charge is -2.40. The second-order valence-corrected chi connectivity index (χ2v) is 7.67. The summed E-state index contributed by atoms with van der Waals surface area (Å²) in [5, 5.41) is 0. The van der Waals surface area contributed by atoms with Crippen molar-refractivity contribution in [1.82, 2.24) is 14.7 Å².